The Labute approximate surface area is 111 Å². The normalized spacial score (nSPS) is 22.5. The van der Waals surface area contributed by atoms with Crippen molar-refractivity contribution in [2.24, 2.45) is 11.7 Å². The molecule has 1 aliphatic heterocycles. The van der Waals surface area contributed by atoms with Crippen molar-refractivity contribution in [1.82, 2.24) is 5.48 Å². The number of ether oxygens (including phenoxy) is 2. The Morgan fingerprint density at radius 3 is 2.47 bits per heavy atom. The molecule has 0 aromatic rings. The van der Waals surface area contributed by atoms with Crippen LogP contribution in [0.15, 0.2) is 0 Å². The lowest BCUT2D eigenvalue weighted by atomic mass is 9.83. The van der Waals surface area contributed by atoms with Gasteiger partial charge in [-0.05, 0) is 18.8 Å². The first-order valence-corrected chi connectivity index (χ1v) is 6.56. The van der Waals surface area contributed by atoms with Gasteiger partial charge in [-0.2, -0.15) is 0 Å². The first-order chi connectivity index (χ1) is 9.10. The van der Waals surface area contributed by atoms with Crippen molar-refractivity contribution in [3.05, 3.63) is 0 Å². The number of nitrogens with one attached hydrogen (secondary N) is 1. The summed E-state index contributed by atoms with van der Waals surface area (Å²) in [4.78, 5) is 26.7. The van der Waals surface area contributed by atoms with Crippen molar-refractivity contribution >= 4 is 11.8 Å². The minimum absolute atomic E-state index is 0.226. The van der Waals surface area contributed by atoms with E-state index in [0.29, 0.717) is 25.6 Å². The van der Waals surface area contributed by atoms with Gasteiger partial charge in [-0.25, -0.2) is 5.48 Å². The van der Waals surface area contributed by atoms with Crippen molar-refractivity contribution in [2.45, 2.75) is 37.9 Å². The molecule has 2 fully saturated rings. The molecule has 1 aliphatic carbocycles. The monoisotopic (exact) mass is 272 g/mol. The number of hydroxylamine groups is 1. The molecule has 19 heavy (non-hydrogen) atoms. The zero-order chi connectivity index (χ0) is 13.7. The van der Waals surface area contributed by atoms with Crippen molar-refractivity contribution in [3.8, 4) is 0 Å². The molecule has 2 amide bonds. The van der Waals surface area contributed by atoms with E-state index >= 15 is 0 Å². The molecule has 1 saturated heterocycles. The van der Waals surface area contributed by atoms with E-state index in [0.717, 1.165) is 25.7 Å². The minimum Gasteiger partial charge on any atom is -0.368 e. The number of carbonyl (C=O) groups is 2. The highest BCUT2D eigenvalue weighted by Gasteiger charge is 2.40. The Morgan fingerprint density at radius 1 is 1.26 bits per heavy atom. The average molecular weight is 272 g/mol. The van der Waals surface area contributed by atoms with Crippen molar-refractivity contribution in [1.29, 1.82) is 0 Å². The van der Waals surface area contributed by atoms with Gasteiger partial charge in [0.1, 0.15) is 0 Å². The van der Waals surface area contributed by atoms with Crippen LogP contribution in [0.25, 0.3) is 0 Å². The molecule has 7 heteroatoms. The van der Waals surface area contributed by atoms with E-state index in [4.69, 9.17) is 15.2 Å². The van der Waals surface area contributed by atoms with Gasteiger partial charge >= 0.3 is 0 Å². The standard InChI is InChI=1S/C12H20N2O5/c13-10(15)8-19-14-11(16)7-9-1-3-12(4-2-9)17-5-6-18-12/h9H,1-8H2,(H2,13,15)(H,14,16). The largest absolute Gasteiger partial charge is 0.368 e. The molecule has 2 rings (SSSR count). The maximum atomic E-state index is 11.6. The maximum absolute atomic E-state index is 11.6. The second-order valence-electron chi connectivity index (χ2n) is 5.04. The van der Waals surface area contributed by atoms with Crippen LogP contribution in [0.1, 0.15) is 32.1 Å². The van der Waals surface area contributed by atoms with Gasteiger partial charge in [0.25, 0.3) is 0 Å². The minimum atomic E-state index is -0.615. The van der Waals surface area contributed by atoms with E-state index in [2.05, 4.69) is 10.3 Å². The molecule has 2 aliphatic rings. The lowest BCUT2D eigenvalue weighted by Crippen LogP contribution is -2.37. The van der Waals surface area contributed by atoms with Gasteiger partial charge in [0.15, 0.2) is 12.4 Å². The molecule has 0 radical (unpaired) electrons. The van der Waals surface area contributed by atoms with Crippen LogP contribution in [0.4, 0.5) is 0 Å². The third-order valence-corrected chi connectivity index (χ3v) is 3.56. The van der Waals surface area contributed by atoms with Crippen LogP contribution < -0.4 is 11.2 Å². The van der Waals surface area contributed by atoms with Crippen LogP contribution in [0.3, 0.4) is 0 Å². The van der Waals surface area contributed by atoms with Crippen LogP contribution in [-0.4, -0.2) is 37.4 Å². The fourth-order valence-electron chi connectivity index (χ4n) is 2.60. The van der Waals surface area contributed by atoms with Gasteiger partial charge in [0.05, 0.1) is 13.2 Å². The molecule has 0 atom stereocenters. The van der Waals surface area contributed by atoms with Gasteiger partial charge in [0, 0.05) is 19.3 Å². The summed E-state index contributed by atoms with van der Waals surface area (Å²) in [7, 11) is 0. The molecular weight excluding hydrogens is 252 g/mol. The third-order valence-electron chi connectivity index (χ3n) is 3.56. The molecular formula is C12H20N2O5. The molecule has 0 aromatic carbocycles. The van der Waals surface area contributed by atoms with Gasteiger partial charge in [-0.1, -0.05) is 0 Å². The molecule has 1 spiro atoms. The molecule has 3 N–H and O–H groups in total. The van der Waals surface area contributed by atoms with Gasteiger partial charge in [-0.15, -0.1) is 0 Å². The summed E-state index contributed by atoms with van der Waals surface area (Å²) in [5.74, 6) is -0.934. The lowest BCUT2D eigenvalue weighted by molar-refractivity contribution is -0.183. The van der Waals surface area contributed by atoms with Crippen LogP contribution in [0.5, 0.6) is 0 Å². The van der Waals surface area contributed by atoms with Gasteiger partial charge < -0.3 is 15.2 Å². The quantitative estimate of drug-likeness (QED) is 0.678. The molecule has 0 bridgehead atoms. The first-order valence-electron chi connectivity index (χ1n) is 6.56. The predicted octanol–water partition coefficient (Wildman–Crippen LogP) is -0.157. The summed E-state index contributed by atoms with van der Waals surface area (Å²) in [6.07, 6.45) is 3.82. The smallest absolute Gasteiger partial charge is 0.246 e. The molecule has 1 saturated carbocycles. The Morgan fingerprint density at radius 2 is 1.89 bits per heavy atom. The number of hydrogen-bond donors (Lipinski definition) is 2. The van der Waals surface area contributed by atoms with Crippen LogP contribution in [0, 0.1) is 5.92 Å². The molecule has 1 heterocycles. The summed E-state index contributed by atoms with van der Waals surface area (Å²) in [6, 6.07) is 0. The predicted molar refractivity (Wildman–Crippen MR) is 64.5 cm³/mol. The molecule has 0 unspecified atom stereocenters. The maximum Gasteiger partial charge on any atom is 0.246 e. The highest BCUT2D eigenvalue weighted by atomic mass is 16.7. The third kappa shape index (κ3) is 4.15. The Hall–Kier alpha value is -1.18. The van der Waals surface area contributed by atoms with Crippen LogP contribution in [-0.2, 0) is 23.9 Å². The number of rotatable bonds is 5. The zero-order valence-corrected chi connectivity index (χ0v) is 10.9. The van der Waals surface area contributed by atoms with E-state index in [-0.39, 0.29) is 12.5 Å². The number of amides is 2. The molecule has 0 aromatic heterocycles. The molecule has 108 valence electrons. The SMILES string of the molecule is NC(=O)CONC(=O)CC1CCC2(CC1)OCCO2. The van der Waals surface area contributed by atoms with Crippen molar-refractivity contribution in [2.75, 3.05) is 19.8 Å². The average Bonchev–Trinajstić information content (AvgIpc) is 2.81. The van der Waals surface area contributed by atoms with Gasteiger partial charge in [-0.3, -0.25) is 14.4 Å². The lowest BCUT2D eigenvalue weighted by Gasteiger charge is -2.35. The van der Waals surface area contributed by atoms with E-state index in [1.54, 1.807) is 0 Å². The second kappa shape index (κ2) is 6.31. The zero-order valence-electron chi connectivity index (χ0n) is 10.9. The first kappa shape index (κ1) is 14.2. The summed E-state index contributed by atoms with van der Waals surface area (Å²) in [6.45, 7) is 1.01. The van der Waals surface area contributed by atoms with E-state index in [1.165, 1.54) is 0 Å². The van der Waals surface area contributed by atoms with Crippen LogP contribution in [0.2, 0.25) is 0 Å². The van der Waals surface area contributed by atoms with Crippen molar-refractivity contribution in [3.63, 3.8) is 0 Å². The number of carbonyl (C=O) groups excluding carboxylic acids is 2. The fourth-order valence-corrected chi connectivity index (χ4v) is 2.60. The highest BCUT2D eigenvalue weighted by Crippen LogP contribution is 2.39. The van der Waals surface area contributed by atoms with E-state index < -0.39 is 11.7 Å². The highest BCUT2D eigenvalue weighted by molar-refractivity contribution is 5.77. The van der Waals surface area contributed by atoms with Gasteiger partial charge in [0.2, 0.25) is 11.8 Å². The summed E-state index contributed by atoms with van der Waals surface area (Å²) >= 11 is 0. The Kier molecular flexibility index (Phi) is 4.73. The number of nitrogens with two attached hydrogens (primary N) is 1. The Balaban J connectivity index is 1.64. The number of hydrogen-bond acceptors (Lipinski definition) is 5. The van der Waals surface area contributed by atoms with Crippen LogP contribution >= 0.6 is 0 Å². The van der Waals surface area contributed by atoms with E-state index in [9.17, 15) is 9.59 Å². The summed E-state index contributed by atoms with van der Waals surface area (Å²) in [5, 5.41) is 0. The Bertz CT molecular complexity index is 331. The second-order valence-corrected chi connectivity index (χ2v) is 5.04. The summed E-state index contributed by atoms with van der Waals surface area (Å²) in [5.41, 5.74) is 7.11. The fraction of sp³-hybridized carbons (Fsp3) is 0.833. The van der Waals surface area contributed by atoms with E-state index in [1.807, 2.05) is 0 Å². The van der Waals surface area contributed by atoms with Crippen molar-refractivity contribution < 1.29 is 23.9 Å². The number of primary amides is 1. The summed E-state index contributed by atoms with van der Waals surface area (Å²) < 4.78 is 11.3. The molecule has 7 nitrogen and oxygen atoms in total. The topological polar surface area (TPSA) is 99.9 Å².